The van der Waals surface area contributed by atoms with Crippen LogP contribution in [-0.4, -0.2) is 40.8 Å². The zero-order chi connectivity index (χ0) is 15.5. The van der Waals surface area contributed by atoms with E-state index in [2.05, 4.69) is 15.5 Å². The fraction of sp³-hybridized carbons (Fsp3) is 0.357. The fourth-order valence-electron chi connectivity index (χ4n) is 2.17. The van der Waals surface area contributed by atoms with Crippen molar-refractivity contribution in [2.24, 2.45) is 0 Å². The van der Waals surface area contributed by atoms with Crippen LogP contribution >= 0.6 is 11.6 Å². The van der Waals surface area contributed by atoms with E-state index in [-0.39, 0.29) is 12.1 Å². The highest BCUT2D eigenvalue weighted by atomic mass is 35.5. The van der Waals surface area contributed by atoms with E-state index in [1.54, 1.807) is 36.1 Å². The first-order valence-electron chi connectivity index (χ1n) is 6.85. The third kappa shape index (κ3) is 3.37. The van der Waals surface area contributed by atoms with Crippen molar-refractivity contribution in [3.63, 3.8) is 0 Å². The van der Waals surface area contributed by atoms with Gasteiger partial charge < -0.3 is 19.5 Å². The van der Waals surface area contributed by atoms with Gasteiger partial charge in [-0.3, -0.25) is 0 Å². The number of anilines is 1. The van der Waals surface area contributed by atoms with E-state index >= 15 is 0 Å². The van der Waals surface area contributed by atoms with E-state index in [1.807, 2.05) is 0 Å². The van der Waals surface area contributed by atoms with Gasteiger partial charge in [-0.15, -0.1) is 0 Å². The Labute approximate surface area is 132 Å². The van der Waals surface area contributed by atoms with Gasteiger partial charge in [-0.1, -0.05) is 16.8 Å². The Morgan fingerprint density at radius 1 is 1.41 bits per heavy atom. The maximum absolute atomic E-state index is 12.3. The van der Waals surface area contributed by atoms with Crippen molar-refractivity contribution in [2.75, 3.05) is 25.0 Å². The number of hydrogen-bond acceptors (Lipinski definition) is 5. The van der Waals surface area contributed by atoms with Gasteiger partial charge in [0.2, 0.25) is 11.7 Å². The predicted molar refractivity (Wildman–Crippen MR) is 79.8 cm³/mol. The average molecular weight is 323 g/mol. The molecule has 0 aliphatic carbocycles. The molecule has 1 aliphatic rings. The Kier molecular flexibility index (Phi) is 4.26. The van der Waals surface area contributed by atoms with Crippen LogP contribution in [0, 0.1) is 6.92 Å². The number of morpholine rings is 1. The van der Waals surface area contributed by atoms with E-state index < -0.39 is 0 Å². The number of amides is 2. The summed E-state index contributed by atoms with van der Waals surface area (Å²) in [6.45, 7) is 3.02. The third-order valence-electron chi connectivity index (χ3n) is 3.28. The number of carbonyl (C=O) groups is 1. The SMILES string of the molecule is Cc1nc([C@H]2CN(C(=O)Nc3ccc(Cl)cc3)CCO2)no1. The molecule has 1 saturated heterocycles. The Hall–Kier alpha value is -2.12. The van der Waals surface area contributed by atoms with Crippen LogP contribution in [0.2, 0.25) is 5.02 Å². The molecule has 1 aromatic carbocycles. The molecule has 1 aliphatic heterocycles. The molecular formula is C14H15ClN4O3. The summed E-state index contributed by atoms with van der Waals surface area (Å²) in [5, 5.41) is 7.29. The van der Waals surface area contributed by atoms with Crippen LogP contribution in [0.25, 0.3) is 0 Å². The van der Waals surface area contributed by atoms with Gasteiger partial charge in [0.15, 0.2) is 0 Å². The number of nitrogens with one attached hydrogen (secondary N) is 1. The number of carbonyl (C=O) groups excluding carboxylic acids is 1. The molecule has 0 bridgehead atoms. The Balaban J connectivity index is 1.63. The zero-order valence-corrected chi connectivity index (χ0v) is 12.7. The first-order valence-corrected chi connectivity index (χ1v) is 7.23. The maximum Gasteiger partial charge on any atom is 0.322 e. The lowest BCUT2D eigenvalue weighted by Crippen LogP contribution is -2.44. The van der Waals surface area contributed by atoms with Gasteiger partial charge in [0.25, 0.3) is 0 Å². The lowest BCUT2D eigenvalue weighted by atomic mass is 10.2. The first-order chi connectivity index (χ1) is 10.6. The number of urea groups is 1. The summed E-state index contributed by atoms with van der Waals surface area (Å²) in [5.41, 5.74) is 0.688. The summed E-state index contributed by atoms with van der Waals surface area (Å²) in [4.78, 5) is 18.1. The predicted octanol–water partition coefficient (Wildman–Crippen LogP) is 2.64. The quantitative estimate of drug-likeness (QED) is 0.919. The van der Waals surface area contributed by atoms with E-state index in [0.717, 1.165) is 0 Å². The number of rotatable bonds is 2. The molecule has 1 fully saturated rings. The number of nitrogens with zero attached hydrogens (tertiary/aromatic N) is 3. The van der Waals surface area contributed by atoms with Crippen LogP contribution in [0.4, 0.5) is 10.5 Å². The monoisotopic (exact) mass is 322 g/mol. The molecule has 7 nitrogen and oxygen atoms in total. The van der Waals surface area contributed by atoms with Crippen molar-refractivity contribution in [2.45, 2.75) is 13.0 Å². The largest absolute Gasteiger partial charge is 0.366 e. The fourth-order valence-corrected chi connectivity index (χ4v) is 2.30. The van der Waals surface area contributed by atoms with Crippen LogP contribution in [-0.2, 0) is 4.74 Å². The topological polar surface area (TPSA) is 80.5 Å². The molecule has 0 unspecified atom stereocenters. The number of aromatic nitrogens is 2. The van der Waals surface area contributed by atoms with Gasteiger partial charge in [-0.2, -0.15) is 4.98 Å². The molecule has 1 aromatic heterocycles. The summed E-state index contributed by atoms with van der Waals surface area (Å²) in [7, 11) is 0. The number of halogens is 1. The lowest BCUT2D eigenvalue weighted by molar-refractivity contribution is -0.0190. The number of aryl methyl sites for hydroxylation is 1. The molecule has 2 amide bonds. The van der Waals surface area contributed by atoms with Crippen LogP contribution in [0.15, 0.2) is 28.8 Å². The lowest BCUT2D eigenvalue weighted by Gasteiger charge is -2.31. The van der Waals surface area contributed by atoms with E-state index in [0.29, 0.717) is 42.1 Å². The summed E-state index contributed by atoms with van der Waals surface area (Å²) >= 11 is 5.82. The van der Waals surface area contributed by atoms with Gasteiger partial charge in [-0.25, -0.2) is 4.79 Å². The molecule has 8 heteroatoms. The van der Waals surface area contributed by atoms with Crippen LogP contribution in [0.5, 0.6) is 0 Å². The molecule has 2 heterocycles. The molecule has 1 atom stereocenters. The van der Waals surface area contributed by atoms with Crippen molar-refractivity contribution in [1.82, 2.24) is 15.0 Å². The van der Waals surface area contributed by atoms with Gasteiger partial charge in [0, 0.05) is 24.2 Å². The minimum absolute atomic E-state index is 0.198. The summed E-state index contributed by atoms with van der Waals surface area (Å²) < 4.78 is 10.5. The molecule has 22 heavy (non-hydrogen) atoms. The Morgan fingerprint density at radius 3 is 2.86 bits per heavy atom. The molecule has 3 rings (SSSR count). The van der Waals surface area contributed by atoms with Crippen molar-refractivity contribution in [3.05, 3.63) is 41.0 Å². The van der Waals surface area contributed by atoms with E-state index in [1.165, 1.54) is 0 Å². The molecule has 1 N–H and O–H groups in total. The molecule has 0 radical (unpaired) electrons. The van der Waals surface area contributed by atoms with Crippen molar-refractivity contribution < 1.29 is 14.1 Å². The van der Waals surface area contributed by atoms with E-state index in [9.17, 15) is 4.79 Å². The second kappa shape index (κ2) is 6.33. The zero-order valence-electron chi connectivity index (χ0n) is 12.0. The number of ether oxygens (including phenoxy) is 1. The molecule has 0 spiro atoms. The van der Waals surface area contributed by atoms with Crippen LogP contribution in [0.1, 0.15) is 17.8 Å². The third-order valence-corrected chi connectivity index (χ3v) is 3.53. The summed E-state index contributed by atoms with van der Waals surface area (Å²) in [5.74, 6) is 0.933. The minimum Gasteiger partial charge on any atom is -0.366 e. The number of benzene rings is 1. The smallest absolute Gasteiger partial charge is 0.322 e. The Morgan fingerprint density at radius 2 is 2.18 bits per heavy atom. The first kappa shape index (κ1) is 14.8. The maximum atomic E-state index is 12.3. The molecule has 116 valence electrons. The second-order valence-electron chi connectivity index (χ2n) is 4.91. The number of hydrogen-bond donors (Lipinski definition) is 1. The summed E-state index contributed by atoms with van der Waals surface area (Å²) in [6, 6.07) is 6.75. The normalized spacial score (nSPS) is 18.3. The van der Waals surface area contributed by atoms with Crippen LogP contribution in [0.3, 0.4) is 0 Å². The van der Waals surface area contributed by atoms with Gasteiger partial charge >= 0.3 is 6.03 Å². The van der Waals surface area contributed by atoms with Crippen LogP contribution < -0.4 is 5.32 Å². The van der Waals surface area contributed by atoms with Gasteiger partial charge in [-0.05, 0) is 24.3 Å². The molecular weight excluding hydrogens is 308 g/mol. The average Bonchev–Trinajstić information content (AvgIpc) is 2.96. The second-order valence-corrected chi connectivity index (χ2v) is 5.35. The highest BCUT2D eigenvalue weighted by Gasteiger charge is 2.28. The van der Waals surface area contributed by atoms with Crippen molar-refractivity contribution >= 4 is 23.3 Å². The van der Waals surface area contributed by atoms with Gasteiger partial charge in [0.1, 0.15) is 6.10 Å². The molecule has 0 saturated carbocycles. The molecule has 2 aromatic rings. The van der Waals surface area contributed by atoms with Crippen molar-refractivity contribution in [1.29, 1.82) is 0 Å². The highest BCUT2D eigenvalue weighted by Crippen LogP contribution is 2.21. The van der Waals surface area contributed by atoms with E-state index in [4.69, 9.17) is 20.9 Å². The summed E-state index contributed by atoms with van der Waals surface area (Å²) in [6.07, 6.45) is -0.373. The van der Waals surface area contributed by atoms with Crippen molar-refractivity contribution in [3.8, 4) is 0 Å². The highest BCUT2D eigenvalue weighted by molar-refractivity contribution is 6.30. The van der Waals surface area contributed by atoms with Gasteiger partial charge in [0.05, 0.1) is 13.2 Å². The standard InChI is InChI=1S/C14H15ClN4O3/c1-9-16-13(18-22-9)12-8-19(6-7-21-12)14(20)17-11-4-2-10(15)3-5-11/h2-5,12H,6-8H2,1H3,(H,17,20)/t12-/m1/s1. The minimum atomic E-state index is -0.373. The Bertz CT molecular complexity index is 658.